The Morgan fingerprint density at radius 2 is 1.94 bits per heavy atom. The molecule has 1 fully saturated rings. The highest BCUT2D eigenvalue weighted by molar-refractivity contribution is 7.07. The van der Waals surface area contributed by atoms with Crippen LogP contribution in [0.25, 0.3) is 0 Å². The number of nitrogens with zero attached hydrogens (tertiary/aromatic N) is 3. The molecule has 0 saturated carbocycles. The summed E-state index contributed by atoms with van der Waals surface area (Å²) in [6.07, 6.45) is 4.23. The van der Waals surface area contributed by atoms with Gasteiger partial charge in [-0.2, -0.15) is 11.3 Å². The maximum Gasteiger partial charge on any atom is 0.250 e. The monoisotopic (exact) mass is 506 g/mol. The minimum Gasteiger partial charge on any atom is -0.497 e. The molecule has 1 amide bonds. The van der Waals surface area contributed by atoms with Gasteiger partial charge < -0.3 is 20.3 Å². The van der Waals surface area contributed by atoms with E-state index < -0.39 is 5.91 Å². The molecule has 4 rings (SSSR count). The van der Waals surface area contributed by atoms with Gasteiger partial charge in [0.2, 0.25) is 0 Å². The predicted octanol–water partition coefficient (Wildman–Crippen LogP) is 5.36. The summed E-state index contributed by atoms with van der Waals surface area (Å²) in [4.78, 5) is 21.5. The number of anilines is 1. The van der Waals surface area contributed by atoms with Gasteiger partial charge in [0.05, 0.1) is 18.4 Å². The molecule has 1 aliphatic heterocycles. The van der Waals surface area contributed by atoms with Crippen LogP contribution in [0.2, 0.25) is 0 Å². The molecule has 2 aromatic heterocycles. The first kappa shape index (κ1) is 26.2. The Labute approximate surface area is 219 Å². The van der Waals surface area contributed by atoms with Crippen molar-refractivity contribution in [3.63, 3.8) is 0 Å². The number of carbonyl (C=O) groups is 1. The van der Waals surface area contributed by atoms with Crippen LogP contribution in [0.5, 0.6) is 5.75 Å². The maximum absolute atomic E-state index is 11.7. The van der Waals surface area contributed by atoms with Gasteiger partial charge in [-0.1, -0.05) is 0 Å². The lowest BCUT2D eigenvalue weighted by Crippen LogP contribution is -2.47. The quantitative estimate of drug-likeness (QED) is 0.401. The molecule has 1 atom stereocenters. The van der Waals surface area contributed by atoms with Crippen molar-refractivity contribution >= 4 is 22.9 Å². The highest BCUT2D eigenvalue weighted by Gasteiger charge is 2.27. The van der Waals surface area contributed by atoms with Gasteiger partial charge in [-0.3, -0.25) is 9.78 Å². The van der Waals surface area contributed by atoms with Crippen LogP contribution in [-0.4, -0.2) is 48.1 Å². The summed E-state index contributed by atoms with van der Waals surface area (Å²) < 4.78 is 5.38. The lowest BCUT2D eigenvalue weighted by molar-refractivity contribution is 0.0998. The minimum atomic E-state index is -0.400. The largest absolute Gasteiger partial charge is 0.497 e. The summed E-state index contributed by atoms with van der Waals surface area (Å²) in [7, 11) is 1.71. The van der Waals surface area contributed by atoms with E-state index in [0.29, 0.717) is 17.6 Å². The van der Waals surface area contributed by atoms with Gasteiger partial charge in [-0.05, 0) is 105 Å². The number of hydrogen-bond acceptors (Lipinski definition) is 6. The zero-order valence-electron chi connectivity index (χ0n) is 21.9. The van der Waals surface area contributed by atoms with E-state index in [1.54, 1.807) is 18.4 Å². The van der Waals surface area contributed by atoms with E-state index in [2.05, 4.69) is 62.8 Å². The fourth-order valence-corrected chi connectivity index (χ4v) is 6.03. The molecule has 192 valence electrons. The summed E-state index contributed by atoms with van der Waals surface area (Å²) in [6, 6.07) is 13.7. The second kappa shape index (κ2) is 11.9. The van der Waals surface area contributed by atoms with Crippen LogP contribution >= 0.6 is 11.3 Å². The number of primary amides is 1. The second-order valence-corrected chi connectivity index (χ2v) is 10.6. The molecule has 0 bridgehead atoms. The van der Waals surface area contributed by atoms with E-state index in [0.717, 1.165) is 68.0 Å². The van der Waals surface area contributed by atoms with Crippen molar-refractivity contribution in [1.29, 1.82) is 0 Å². The van der Waals surface area contributed by atoms with Crippen molar-refractivity contribution in [2.24, 2.45) is 5.73 Å². The Bertz CT molecular complexity index is 1120. The van der Waals surface area contributed by atoms with Crippen LogP contribution < -0.4 is 15.4 Å². The average Bonchev–Trinajstić information content (AvgIpc) is 3.39. The normalized spacial score (nSPS) is 15.6. The van der Waals surface area contributed by atoms with Gasteiger partial charge in [0.1, 0.15) is 5.75 Å². The Hall–Kier alpha value is -2.90. The SMILES string of the molecule is COc1ccc(N(Cc2ccsc2)C2CCN([C@H](C)CCc3cc(C)c(C(N)=O)c(C)n3)CC2)cc1. The fraction of sp³-hybridized carbons (Fsp3) is 0.448. The fourth-order valence-electron chi connectivity index (χ4n) is 5.37. The molecule has 6 nitrogen and oxygen atoms in total. The molecule has 36 heavy (non-hydrogen) atoms. The van der Waals surface area contributed by atoms with Crippen LogP contribution in [0.3, 0.4) is 0 Å². The summed E-state index contributed by atoms with van der Waals surface area (Å²) in [5, 5.41) is 4.41. The molecular formula is C29H38N4O2S. The first-order chi connectivity index (χ1) is 17.4. The third kappa shape index (κ3) is 6.26. The summed E-state index contributed by atoms with van der Waals surface area (Å²) in [5.74, 6) is 0.491. The van der Waals surface area contributed by atoms with Gasteiger partial charge in [-0.15, -0.1) is 0 Å². The number of aryl methyl sites for hydroxylation is 3. The van der Waals surface area contributed by atoms with Crippen LogP contribution in [0.1, 0.15) is 59.1 Å². The third-order valence-electron chi connectivity index (χ3n) is 7.42. The van der Waals surface area contributed by atoms with E-state index in [-0.39, 0.29) is 0 Å². The number of thiophene rings is 1. The highest BCUT2D eigenvalue weighted by atomic mass is 32.1. The number of nitrogens with two attached hydrogens (primary N) is 1. The number of pyridine rings is 1. The topological polar surface area (TPSA) is 71.7 Å². The number of amides is 1. The molecule has 7 heteroatoms. The number of carbonyl (C=O) groups excluding carboxylic acids is 1. The predicted molar refractivity (Wildman–Crippen MR) is 148 cm³/mol. The van der Waals surface area contributed by atoms with Gasteiger partial charge in [0, 0.05) is 43.1 Å². The number of piperidine rings is 1. The molecule has 1 saturated heterocycles. The van der Waals surface area contributed by atoms with E-state index in [9.17, 15) is 4.79 Å². The van der Waals surface area contributed by atoms with Gasteiger partial charge in [-0.25, -0.2) is 0 Å². The van der Waals surface area contributed by atoms with Gasteiger partial charge in [0.15, 0.2) is 0 Å². The van der Waals surface area contributed by atoms with Crippen molar-refractivity contribution < 1.29 is 9.53 Å². The standard InChI is InChI=1S/C29H38N4O2S/c1-20-17-24(31-22(3)28(20)29(30)34)6-5-21(2)32-14-11-26(12-15-32)33(18-23-13-16-36-19-23)25-7-9-27(35-4)10-8-25/h7-10,13,16-17,19,21,26H,5-6,11-12,14-15,18H2,1-4H3,(H2,30,34)/t21-/m1/s1. The van der Waals surface area contributed by atoms with Crippen molar-refractivity contribution in [3.05, 3.63) is 75.2 Å². The summed E-state index contributed by atoms with van der Waals surface area (Å²) in [6.45, 7) is 9.25. The molecule has 1 aromatic carbocycles. The van der Waals surface area contributed by atoms with Crippen LogP contribution in [0, 0.1) is 13.8 Å². The minimum absolute atomic E-state index is 0.400. The number of likely N-dealkylation sites (tertiary alicyclic amines) is 1. The summed E-state index contributed by atoms with van der Waals surface area (Å²) >= 11 is 1.76. The number of benzene rings is 1. The molecule has 0 spiro atoms. The molecule has 2 N–H and O–H groups in total. The zero-order chi connectivity index (χ0) is 25.7. The first-order valence-corrected chi connectivity index (χ1v) is 13.7. The van der Waals surface area contributed by atoms with Crippen LogP contribution in [0.4, 0.5) is 5.69 Å². The van der Waals surface area contributed by atoms with Crippen molar-refractivity contribution in [3.8, 4) is 5.75 Å². The highest BCUT2D eigenvalue weighted by Crippen LogP contribution is 2.29. The van der Waals surface area contributed by atoms with Crippen LogP contribution in [-0.2, 0) is 13.0 Å². The van der Waals surface area contributed by atoms with Crippen molar-refractivity contribution in [2.75, 3.05) is 25.1 Å². The average molecular weight is 507 g/mol. The second-order valence-electron chi connectivity index (χ2n) is 9.87. The Morgan fingerprint density at radius 3 is 2.53 bits per heavy atom. The smallest absolute Gasteiger partial charge is 0.250 e. The molecule has 3 aromatic rings. The van der Waals surface area contributed by atoms with Crippen molar-refractivity contribution in [2.45, 2.75) is 65.1 Å². The number of aromatic nitrogens is 1. The van der Waals surface area contributed by atoms with Crippen LogP contribution in [0.15, 0.2) is 47.2 Å². The maximum atomic E-state index is 11.7. The lowest BCUT2D eigenvalue weighted by atomic mass is 9.98. The molecule has 1 aliphatic rings. The van der Waals surface area contributed by atoms with Gasteiger partial charge in [0.25, 0.3) is 5.91 Å². The molecule has 0 unspecified atom stereocenters. The number of ether oxygens (including phenoxy) is 1. The summed E-state index contributed by atoms with van der Waals surface area (Å²) in [5.41, 5.74) is 11.4. The molecule has 3 heterocycles. The van der Waals surface area contributed by atoms with Crippen molar-refractivity contribution in [1.82, 2.24) is 9.88 Å². The molecule has 0 radical (unpaired) electrons. The molecular weight excluding hydrogens is 468 g/mol. The number of methoxy groups -OCH3 is 1. The lowest BCUT2D eigenvalue weighted by Gasteiger charge is -2.42. The van der Waals surface area contributed by atoms with E-state index in [1.807, 2.05) is 19.9 Å². The zero-order valence-corrected chi connectivity index (χ0v) is 22.7. The Balaban J connectivity index is 1.36. The van der Waals surface area contributed by atoms with E-state index >= 15 is 0 Å². The Morgan fingerprint density at radius 1 is 1.22 bits per heavy atom. The van der Waals surface area contributed by atoms with E-state index in [1.165, 1.54) is 11.3 Å². The third-order valence-corrected chi connectivity index (χ3v) is 8.15. The first-order valence-electron chi connectivity index (χ1n) is 12.8. The number of hydrogen-bond donors (Lipinski definition) is 1. The number of rotatable bonds is 10. The van der Waals surface area contributed by atoms with Gasteiger partial charge >= 0.3 is 0 Å². The Kier molecular flexibility index (Phi) is 8.64. The molecule has 0 aliphatic carbocycles. The van der Waals surface area contributed by atoms with E-state index in [4.69, 9.17) is 10.5 Å².